The molecule has 0 saturated carbocycles. The maximum Gasteiger partial charge on any atom is 0.251 e. The molecule has 0 atom stereocenters. The van der Waals surface area contributed by atoms with Gasteiger partial charge >= 0.3 is 0 Å². The molecule has 232 valence electrons. The van der Waals surface area contributed by atoms with Gasteiger partial charge in [0.2, 0.25) is 0 Å². The minimum Gasteiger partial charge on any atom is -0.494 e. The van der Waals surface area contributed by atoms with Gasteiger partial charge in [0.1, 0.15) is 11.6 Å². The van der Waals surface area contributed by atoms with Crippen LogP contribution in [-0.2, 0) is 6.42 Å². The van der Waals surface area contributed by atoms with Gasteiger partial charge in [-0.3, -0.25) is 9.79 Å². The number of carbonyl (C=O) groups is 1. The number of aliphatic imine (C=N–C) groups is 1. The van der Waals surface area contributed by atoms with E-state index < -0.39 is 0 Å². The maximum absolute atomic E-state index is 12.4. The molecule has 10 nitrogen and oxygen atoms in total. The summed E-state index contributed by atoms with van der Waals surface area (Å²) in [5.41, 5.74) is 18.2. The van der Waals surface area contributed by atoms with Gasteiger partial charge < -0.3 is 19.9 Å². The molecule has 6 rings (SSSR count). The lowest BCUT2D eigenvalue weighted by molar-refractivity contribution is 0.0953. The number of aromatic amines is 1. The van der Waals surface area contributed by atoms with Gasteiger partial charge in [-0.25, -0.2) is 4.98 Å². The van der Waals surface area contributed by atoms with E-state index >= 15 is 0 Å². The molecule has 0 bridgehead atoms. The van der Waals surface area contributed by atoms with Crippen molar-refractivity contribution in [1.82, 2.24) is 20.2 Å². The van der Waals surface area contributed by atoms with Crippen molar-refractivity contribution >= 4 is 28.3 Å². The minimum atomic E-state index is -0.165. The largest absolute Gasteiger partial charge is 0.494 e. The Balaban J connectivity index is 1.12. The second kappa shape index (κ2) is 14.1. The van der Waals surface area contributed by atoms with Crippen LogP contribution in [0.1, 0.15) is 34.3 Å². The van der Waals surface area contributed by atoms with Crippen molar-refractivity contribution in [1.29, 1.82) is 0 Å². The molecule has 1 aromatic heterocycles. The molecule has 2 heterocycles. The first kappa shape index (κ1) is 30.6. The fourth-order valence-electron chi connectivity index (χ4n) is 5.45. The number of nitrogens with zero attached hydrogens (tertiary/aromatic N) is 6. The Labute approximate surface area is 267 Å². The topological polar surface area (TPSA) is 131 Å². The Morgan fingerprint density at radius 1 is 0.957 bits per heavy atom. The number of carbonyl (C=O) groups excluding carboxylic acids is 1. The monoisotopic (exact) mass is 612 g/mol. The van der Waals surface area contributed by atoms with Gasteiger partial charge in [0, 0.05) is 42.1 Å². The SMILES string of the molecule is CN(C)CCCOc1ccc(C2=Nc3cc(-c4ccc5nc(-c6ccc(C(=O)NCCCN=[N+]=[N-])cc6)[nH]c5c4)ccc3C2)cc1. The lowest BCUT2D eigenvalue weighted by Crippen LogP contribution is -2.24. The molecule has 1 amide bonds. The first-order chi connectivity index (χ1) is 22.5. The first-order valence-corrected chi connectivity index (χ1v) is 15.4. The highest BCUT2D eigenvalue weighted by Gasteiger charge is 2.17. The van der Waals surface area contributed by atoms with Gasteiger partial charge in [0.25, 0.3) is 5.91 Å². The molecule has 10 heteroatoms. The molecule has 0 radical (unpaired) electrons. The van der Waals surface area contributed by atoms with Gasteiger partial charge in [0.05, 0.1) is 29.0 Å². The molecular weight excluding hydrogens is 576 g/mol. The fourth-order valence-corrected chi connectivity index (χ4v) is 5.45. The van der Waals surface area contributed by atoms with E-state index in [0.29, 0.717) is 31.7 Å². The molecule has 0 saturated heterocycles. The van der Waals surface area contributed by atoms with Crippen LogP contribution in [0.15, 0.2) is 95.0 Å². The number of nitrogens with one attached hydrogen (secondary N) is 2. The van der Waals surface area contributed by atoms with E-state index in [1.165, 1.54) is 5.56 Å². The van der Waals surface area contributed by atoms with E-state index in [-0.39, 0.29) is 5.91 Å². The maximum atomic E-state index is 12.4. The Morgan fingerprint density at radius 2 is 1.70 bits per heavy atom. The summed E-state index contributed by atoms with van der Waals surface area (Å²) < 4.78 is 5.89. The highest BCUT2D eigenvalue weighted by atomic mass is 16.5. The summed E-state index contributed by atoms with van der Waals surface area (Å²) in [6.07, 6.45) is 2.39. The zero-order valence-electron chi connectivity index (χ0n) is 26.0. The van der Waals surface area contributed by atoms with Crippen molar-refractivity contribution in [2.45, 2.75) is 19.3 Å². The zero-order chi connectivity index (χ0) is 31.9. The summed E-state index contributed by atoms with van der Waals surface area (Å²) >= 11 is 0. The number of imidazole rings is 1. The highest BCUT2D eigenvalue weighted by Crippen LogP contribution is 2.35. The third-order valence-electron chi connectivity index (χ3n) is 7.92. The number of fused-ring (bicyclic) bond motifs is 2. The second-order valence-corrected chi connectivity index (χ2v) is 11.6. The Morgan fingerprint density at radius 3 is 2.48 bits per heavy atom. The standard InChI is InChI=1S/C36H36N8O2/c1-44(2)19-4-20-46-30-14-11-24(12-15-30)32-23-29-10-9-27(21-33(29)40-32)28-13-16-31-34(22-28)42-35(41-31)25-5-7-26(8-6-25)36(45)38-17-3-18-39-43-37/h5-16,21-22H,3-4,17-20,23H2,1-2H3,(H,38,45)(H,41,42). The Bertz CT molecular complexity index is 1920. The van der Waals surface area contributed by atoms with Crippen LogP contribution in [0.3, 0.4) is 0 Å². The lowest BCUT2D eigenvalue weighted by atomic mass is 10.00. The van der Waals surface area contributed by atoms with Crippen molar-refractivity contribution in [2.24, 2.45) is 10.1 Å². The number of amides is 1. The molecule has 4 aromatic carbocycles. The van der Waals surface area contributed by atoms with Crippen molar-refractivity contribution in [3.8, 4) is 28.3 Å². The summed E-state index contributed by atoms with van der Waals surface area (Å²) in [5.74, 6) is 1.46. The van der Waals surface area contributed by atoms with Gasteiger partial charge in [-0.1, -0.05) is 35.4 Å². The molecule has 1 aliphatic heterocycles. The lowest BCUT2D eigenvalue weighted by Gasteiger charge is -2.10. The Hall–Kier alpha value is -5.44. The van der Waals surface area contributed by atoms with E-state index in [9.17, 15) is 4.79 Å². The number of benzene rings is 4. The molecule has 0 aliphatic carbocycles. The average molecular weight is 613 g/mol. The quantitative estimate of drug-likeness (QED) is 0.0623. The van der Waals surface area contributed by atoms with Gasteiger partial charge in [-0.2, -0.15) is 0 Å². The van der Waals surface area contributed by atoms with E-state index in [1.807, 2.05) is 30.3 Å². The highest BCUT2D eigenvalue weighted by molar-refractivity contribution is 6.07. The van der Waals surface area contributed by atoms with Crippen LogP contribution >= 0.6 is 0 Å². The summed E-state index contributed by atoms with van der Waals surface area (Å²) in [6, 6.07) is 28.3. The molecule has 1 aliphatic rings. The van der Waals surface area contributed by atoms with Crippen LogP contribution in [0.5, 0.6) is 5.75 Å². The molecule has 0 spiro atoms. The van der Waals surface area contributed by atoms with Crippen LogP contribution in [0.4, 0.5) is 5.69 Å². The Kier molecular flexibility index (Phi) is 9.38. The van der Waals surface area contributed by atoms with E-state index in [2.05, 4.69) is 81.8 Å². The van der Waals surface area contributed by atoms with Crippen LogP contribution in [0.25, 0.3) is 44.0 Å². The number of H-pyrrole nitrogens is 1. The first-order valence-electron chi connectivity index (χ1n) is 15.4. The second-order valence-electron chi connectivity index (χ2n) is 11.6. The molecule has 0 fully saturated rings. The normalized spacial score (nSPS) is 12.1. The summed E-state index contributed by atoms with van der Waals surface area (Å²) in [5, 5.41) is 6.32. The van der Waals surface area contributed by atoms with Gasteiger partial charge in [-0.15, -0.1) is 0 Å². The van der Waals surface area contributed by atoms with Crippen LogP contribution in [0.2, 0.25) is 0 Å². The molecule has 0 unspecified atom stereocenters. The predicted molar refractivity (Wildman–Crippen MR) is 183 cm³/mol. The summed E-state index contributed by atoms with van der Waals surface area (Å²) in [6.45, 7) is 2.52. The van der Waals surface area contributed by atoms with E-state index in [4.69, 9.17) is 20.2 Å². The van der Waals surface area contributed by atoms with Gasteiger partial charge in [-0.05, 0) is 109 Å². The van der Waals surface area contributed by atoms with Crippen LogP contribution in [0, 0.1) is 0 Å². The summed E-state index contributed by atoms with van der Waals surface area (Å²) in [7, 11) is 4.14. The number of azide groups is 1. The van der Waals surface area contributed by atoms with E-state index in [1.54, 1.807) is 12.1 Å². The number of aromatic nitrogens is 2. The predicted octanol–water partition coefficient (Wildman–Crippen LogP) is 7.33. The molecule has 46 heavy (non-hydrogen) atoms. The summed E-state index contributed by atoms with van der Waals surface area (Å²) in [4.78, 5) is 30.5. The number of ether oxygens (including phenoxy) is 1. The number of hydrogen-bond acceptors (Lipinski definition) is 6. The molecular formula is C36H36N8O2. The van der Waals surface area contributed by atoms with Crippen molar-refractivity contribution in [2.75, 3.05) is 40.3 Å². The van der Waals surface area contributed by atoms with Crippen molar-refractivity contribution < 1.29 is 9.53 Å². The third-order valence-corrected chi connectivity index (χ3v) is 7.92. The van der Waals surface area contributed by atoms with Gasteiger partial charge in [0.15, 0.2) is 0 Å². The molecule has 2 N–H and O–H groups in total. The number of rotatable bonds is 13. The fraction of sp³-hybridized carbons (Fsp3) is 0.250. The van der Waals surface area contributed by atoms with Crippen LogP contribution < -0.4 is 10.1 Å². The van der Waals surface area contributed by atoms with Crippen molar-refractivity contribution in [3.63, 3.8) is 0 Å². The van der Waals surface area contributed by atoms with E-state index in [0.717, 1.165) is 75.6 Å². The average Bonchev–Trinajstić information content (AvgIpc) is 3.71. The van der Waals surface area contributed by atoms with Crippen LogP contribution in [-0.4, -0.2) is 66.8 Å². The smallest absolute Gasteiger partial charge is 0.251 e. The molecule has 5 aromatic rings. The minimum absolute atomic E-state index is 0.165. The zero-order valence-corrected chi connectivity index (χ0v) is 26.0. The number of hydrogen-bond donors (Lipinski definition) is 2. The van der Waals surface area contributed by atoms with Crippen molar-refractivity contribution in [3.05, 3.63) is 112 Å². The third kappa shape index (κ3) is 7.26.